The highest BCUT2D eigenvalue weighted by Crippen LogP contribution is 2.34. The number of carbonyl (C=O) groups is 1. The van der Waals surface area contributed by atoms with Gasteiger partial charge in [0.05, 0.1) is 10.2 Å². The molecule has 3 heterocycles. The summed E-state index contributed by atoms with van der Waals surface area (Å²) in [6.45, 7) is 2.35. The molecule has 0 fully saturated rings. The molecule has 1 N–H and O–H groups in total. The Morgan fingerprint density at radius 1 is 1.12 bits per heavy atom. The van der Waals surface area contributed by atoms with Crippen LogP contribution < -0.4 is 11.0 Å². The van der Waals surface area contributed by atoms with E-state index in [1.165, 1.54) is 32.3 Å². The predicted octanol–water partition coefficient (Wildman–Crippen LogP) is 4.09. The number of fused-ring (bicyclic) bond motifs is 3. The van der Waals surface area contributed by atoms with E-state index in [0.29, 0.717) is 23.6 Å². The molecule has 0 saturated heterocycles. The molecule has 7 nitrogen and oxygen atoms in total. The third-order valence-corrected chi connectivity index (χ3v) is 6.66. The lowest BCUT2D eigenvalue weighted by atomic mass is 10.1. The van der Waals surface area contributed by atoms with Gasteiger partial charge in [0.2, 0.25) is 5.91 Å². The molecule has 3 aromatic heterocycles. The van der Waals surface area contributed by atoms with E-state index in [0.717, 1.165) is 26.9 Å². The number of amides is 1. The van der Waals surface area contributed by atoms with Crippen molar-refractivity contribution in [2.75, 3.05) is 6.54 Å². The summed E-state index contributed by atoms with van der Waals surface area (Å²) in [5.41, 5.74) is 5.22. The Balaban J connectivity index is 1.35. The van der Waals surface area contributed by atoms with Crippen LogP contribution in [0.3, 0.4) is 0 Å². The monoisotopic (exact) mass is 477 g/mol. The zero-order chi connectivity index (χ0) is 22.9. The first kappa shape index (κ1) is 21.4. The minimum atomic E-state index is -0.391. The highest BCUT2D eigenvalue weighted by molar-refractivity contribution is 7.18. The molecule has 0 atom stereocenters. The quantitative estimate of drug-likeness (QED) is 0.399. The number of rotatable bonds is 6. The number of hydrogen-bond donors (Lipinski definition) is 1. The fourth-order valence-corrected chi connectivity index (χ4v) is 4.79. The van der Waals surface area contributed by atoms with Crippen LogP contribution in [0.25, 0.3) is 27.0 Å². The van der Waals surface area contributed by atoms with Crippen molar-refractivity contribution in [1.82, 2.24) is 24.5 Å². The molecule has 0 radical (unpaired) electrons. The molecule has 0 aliphatic carbocycles. The molecule has 0 bridgehead atoms. The van der Waals surface area contributed by atoms with E-state index in [1.807, 2.05) is 36.6 Å². The van der Waals surface area contributed by atoms with Crippen molar-refractivity contribution >= 4 is 44.7 Å². The Kier molecular flexibility index (Phi) is 5.70. The van der Waals surface area contributed by atoms with Crippen LogP contribution in [0, 0.1) is 6.92 Å². The van der Waals surface area contributed by atoms with Crippen molar-refractivity contribution in [3.05, 3.63) is 86.9 Å². The molecular formula is C24H20ClN5O2S. The summed E-state index contributed by atoms with van der Waals surface area (Å²) in [7, 11) is 0. The van der Waals surface area contributed by atoms with Gasteiger partial charge in [-0.3, -0.25) is 4.79 Å². The Morgan fingerprint density at radius 2 is 1.88 bits per heavy atom. The highest BCUT2D eigenvalue weighted by Gasteiger charge is 2.17. The van der Waals surface area contributed by atoms with E-state index < -0.39 is 5.69 Å². The van der Waals surface area contributed by atoms with E-state index >= 15 is 0 Å². The topological polar surface area (TPSA) is 81.3 Å². The van der Waals surface area contributed by atoms with Gasteiger partial charge in [0, 0.05) is 22.5 Å². The second kappa shape index (κ2) is 8.80. The van der Waals surface area contributed by atoms with Gasteiger partial charge in [-0.15, -0.1) is 16.4 Å². The van der Waals surface area contributed by atoms with E-state index in [9.17, 15) is 9.59 Å². The largest absolute Gasteiger partial charge is 0.354 e. The summed E-state index contributed by atoms with van der Waals surface area (Å²) in [6, 6.07) is 15.7. The van der Waals surface area contributed by atoms with Gasteiger partial charge in [0.1, 0.15) is 12.9 Å². The number of thiophene rings is 1. The average Bonchev–Trinajstić information content (AvgIpc) is 3.37. The summed E-state index contributed by atoms with van der Waals surface area (Å²) in [5.74, 6) is -0.273. The van der Waals surface area contributed by atoms with E-state index in [4.69, 9.17) is 11.6 Å². The molecule has 166 valence electrons. The summed E-state index contributed by atoms with van der Waals surface area (Å²) in [6.07, 6.45) is 2.15. The van der Waals surface area contributed by atoms with Gasteiger partial charge in [-0.25, -0.2) is 18.9 Å². The molecule has 0 unspecified atom stereocenters. The summed E-state index contributed by atoms with van der Waals surface area (Å²) >= 11 is 7.38. The van der Waals surface area contributed by atoms with Crippen LogP contribution in [-0.4, -0.2) is 31.6 Å². The molecule has 2 aromatic carbocycles. The SMILES string of the molecule is Cc1ccc(-c2csc3c2ncn2c(=O)n(CC(=O)NCCc4ccc(Cl)cc4)nc32)cc1. The summed E-state index contributed by atoms with van der Waals surface area (Å²) < 4.78 is 3.38. The van der Waals surface area contributed by atoms with Crippen LogP contribution in [0.4, 0.5) is 0 Å². The zero-order valence-electron chi connectivity index (χ0n) is 17.8. The van der Waals surface area contributed by atoms with Gasteiger partial charge >= 0.3 is 5.69 Å². The fourth-order valence-electron chi connectivity index (χ4n) is 3.66. The van der Waals surface area contributed by atoms with E-state index in [2.05, 4.69) is 39.7 Å². The van der Waals surface area contributed by atoms with Crippen molar-refractivity contribution in [1.29, 1.82) is 0 Å². The van der Waals surface area contributed by atoms with Crippen molar-refractivity contribution < 1.29 is 4.79 Å². The van der Waals surface area contributed by atoms with Crippen LogP contribution >= 0.6 is 22.9 Å². The standard InChI is InChI=1S/C24H20ClN5O2S/c1-15-2-6-17(7-3-15)19-13-33-22-21(19)27-14-29-23(22)28-30(24(29)32)12-20(31)26-11-10-16-4-8-18(25)9-5-16/h2-9,13-14H,10-12H2,1H3,(H,26,31). The highest BCUT2D eigenvalue weighted by atomic mass is 35.5. The van der Waals surface area contributed by atoms with Crippen molar-refractivity contribution in [3.63, 3.8) is 0 Å². The third kappa shape index (κ3) is 4.27. The third-order valence-electron chi connectivity index (χ3n) is 5.45. The maximum atomic E-state index is 12.8. The lowest BCUT2D eigenvalue weighted by Crippen LogP contribution is -2.33. The molecule has 9 heteroatoms. The van der Waals surface area contributed by atoms with Gasteiger partial charge in [0.25, 0.3) is 0 Å². The molecule has 0 saturated carbocycles. The van der Waals surface area contributed by atoms with Gasteiger partial charge in [-0.2, -0.15) is 0 Å². The Bertz CT molecular complexity index is 1520. The smallest absolute Gasteiger partial charge is 0.352 e. The van der Waals surface area contributed by atoms with Gasteiger partial charge in [-0.1, -0.05) is 53.6 Å². The minimum Gasteiger partial charge on any atom is -0.354 e. The van der Waals surface area contributed by atoms with Gasteiger partial charge in [0.15, 0.2) is 5.65 Å². The molecule has 0 aliphatic heterocycles. The number of nitrogens with zero attached hydrogens (tertiary/aromatic N) is 4. The van der Waals surface area contributed by atoms with Gasteiger partial charge in [-0.05, 0) is 36.6 Å². The number of halogens is 1. The lowest BCUT2D eigenvalue weighted by molar-refractivity contribution is -0.121. The molecule has 33 heavy (non-hydrogen) atoms. The van der Waals surface area contributed by atoms with Crippen molar-refractivity contribution in [2.24, 2.45) is 0 Å². The first-order valence-electron chi connectivity index (χ1n) is 10.4. The summed E-state index contributed by atoms with van der Waals surface area (Å²) in [5, 5.41) is 9.98. The van der Waals surface area contributed by atoms with Gasteiger partial charge < -0.3 is 5.32 Å². The molecule has 5 rings (SSSR count). The number of aromatic nitrogens is 4. The van der Waals surface area contributed by atoms with Crippen molar-refractivity contribution in [2.45, 2.75) is 19.9 Å². The number of nitrogens with one attached hydrogen (secondary N) is 1. The first-order chi connectivity index (χ1) is 16.0. The van der Waals surface area contributed by atoms with Crippen LogP contribution in [0.5, 0.6) is 0 Å². The number of benzene rings is 2. The van der Waals surface area contributed by atoms with E-state index in [1.54, 1.807) is 0 Å². The molecular weight excluding hydrogens is 458 g/mol. The first-order valence-corrected chi connectivity index (χ1v) is 11.7. The second-order valence-electron chi connectivity index (χ2n) is 7.80. The van der Waals surface area contributed by atoms with Crippen molar-refractivity contribution in [3.8, 4) is 11.1 Å². The Hall–Kier alpha value is -3.49. The lowest BCUT2D eigenvalue weighted by Gasteiger charge is -2.05. The normalized spacial score (nSPS) is 11.3. The Morgan fingerprint density at radius 3 is 2.64 bits per heavy atom. The Labute approximate surface area is 198 Å². The molecule has 0 aliphatic rings. The second-order valence-corrected chi connectivity index (χ2v) is 9.11. The predicted molar refractivity (Wildman–Crippen MR) is 131 cm³/mol. The minimum absolute atomic E-state index is 0.154. The summed E-state index contributed by atoms with van der Waals surface area (Å²) in [4.78, 5) is 29.7. The maximum absolute atomic E-state index is 12.8. The number of aryl methyl sites for hydroxylation is 1. The molecule has 5 aromatic rings. The number of hydrogen-bond acceptors (Lipinski definition) is 5. The number of carbonyl (C=O) groups excluding carboxylic acids is 1. The van der Waals surface area contributed by atoms with Crippen LogP contribution in [0.1, 0.15) is 11.1 Å². The van der Waals surface area contributed by atoms with Crippen LogP contribution in [0.15, 0.2) is 65.0 Å². The average molecular weight is 478 g/mol. The molecule has 0 spiro atoms. The van der Waals surface area contributed by atoms with Crippen LogP contribution in [-0.2, 0) is 17.8 Å². The van der Waals surface area contributed by atoms with Crippen LogP contribution in [0.2, 0.25) is 5.02 Å². The maximum Gasteiger partial charge on any atom is 0.352 e. The molecule has 1 amide bonds. The van der Waals surface area contributed by atoms with E-state index in [-0.39, 0.29) is 12.5 Å². The zero-order valence-corrected chi connectivity index (χ0v) is 19.4. The fraction of sp³-hybridized carbons (Fsp3) is 0.167.